The fraction of sp³-hybridized carbons (Fsp3) is 0. The average Bonchev–Trinajstić information content (AvgIpc) is 2.42. The van der Waals surface area contributed by atoms with Gasteiger partial charge >= 0.3 is 0 Å². The molecule has 1 amide bonds. The summed E-state index contributed by atoms with van der Waals surface area (Å²) in [5.74, 6) is -0.294. The van der Waals surface area contributed by atoms with Crippen LogP contribution in [-0.4, -0.2) is 12.0 Å². The molecule has 0 saturated carbocycles. The summed E-state index contributed by atoms with van der Waals surface area (Å²) in [4.78, 5) is 25.5. The lowest BCUT2D eigenvalue weighted by molar-refractivity contribution is 0.102. The van der Waals surface area contributed by atoms with Gasteiger partial charge in [-0.05, 0) is 36.4 Å². The second-order valence-electron chi connectivity index (χ2n) is 3.68. The predicted molar refractivity (Wildman–Crippen MR) is 73.6 cm³/mol. The Kier molecular flexibility index (Phi) is 4.08. The second-order valence-corrected chi connectivity index (χ2v) is 4.09. The summed E-state index contributed by atoms with van der Waals surface area (Å²) in [6.07, 6.45) is 1.45. The zero-order valence-electron chi connectivity index (χ0n) is 9.76. The van der Waals surface area contributed by atoms with E-state index in [4.69, 9.17) is 11.6 Å². The van der Waals surface area contributed by atoms with Crippen molar-refractivity contribution in [2.75, 3.05) is 5.32 Å². The first-order valence-electron chi connectivity index (χ1n) is 5.44. The van der Waals surface area contributed by atoms with Crippen molar-refractivity contribution in [2.24, 2.45) is 4.99 Å². The summed E-state index contributed by atoms with van der Waals surface area (Å²) >= 11 is 5.93. The van der Waals surface area contributed by atoms with E-state index in [1.54, 1.807) is 48.5 Å². The van der Waals surface area contributed by atoms with Gasteiger partial charge in [0.25, 0.3) is 5.91 Å². The minimum Gasteiger partial charge on any atom is -0.322 e. The van der Waals surface area contributed by atoms with E-state index in [1.165, 1.54) is 6.08 Å². The van der Waals surface area contributed by atoms with Gasteiger partial charge in [-0.3, -0.25) is 4.79 Å². The SMILES string of the molecule is O=C=Nc1ccc(NC(=O)c2ccccc2Cl)cc1. The normalized spacial score (nSPS) is 9.53. The van der Waals surface area contributed by atoms with E-state index in [-0.39, 0.29) is 5.91 Å². The molecule has 4 nitrogen and oxygen atoms in total. The molecular weight excluding hydrogens is 264 g/mol. The molecule has 0 aromatic heterocycles. The van der Waals surface area contributed by atoms with E-state index in [0.717, 1.165) is 0 Å². The van der Waals surface area contributed by atoms with Crippen LogP contribution in [0, 0.1) is 0 Å². The highest BCUT2D eigenvalue weighted by molar-refractivity contribution is 6.34. The molecular formula is C14H9ClN2O2. The number of halogens is 1. The maximum absolute atomic E-state index is 12.0. The highest BCUT2D eigenvalue weighted by Gasteiger charge is 2.09. The van der Waals surface area contributed by atoms with Crippen LogP contribution in [0.1, 0.15) is 10.4 Å². The first-order valence-corrected chi connectivity index (χ1v) is 5.82. The predicted octanol–water partition coefficient (Wildman–Crippen LogP) is 3.56. The van der Waals surface area contributed by atoms with Crippen molar-refractivity contribution >= 4 is 35.0 Å². The van der Waals surface area contributed by atoms with Gasteiger partial charge in [-0.25, -0.2) is 4.79 Å². The van der Waals surface area contributed by atoms with Gasteiger partial charge in [-0.15, -0.1) is 0 Å². The Balaban J connectivity index is 2.15. The molecule has 2 aromatic carbocycles. The molecule has 0 aliphatic carbocycles. The van der Waals surface area contributed by atoms with Crippen molar-refractivity contribution in [1.82, 2.24) is 0 Å². The standard InChI is InChI=1S/C14H9ClN2O2/c15-13-4-2-1-3-12(13)14(19)17-11-7-5-10(6-8-11)16-9-18/h1-8H,(H,17,19). The minimum atomic E-state index is -0.294. The fourth-order valence-electron chi connectivity index (χ4n) is 1.52. The number of amides is 1. The second kappa shape index (κ2) is 5.96. The zero-order valence-corrected chi connectivity index (χ0v) is 10.5. The Labute approximate surface area is 114 Å². The van der Waals surface area contributed by atoms with Crippen LogP contribution in [-0.2, 0) is 4.79 Å². The summed E-state index contributed by atoms with van der Waals surface area (Å²) in [5, 5.41) is 3.10. The molecule has 94 valence electrons. The molecule has 0 bridgehead atoms. The molecule has 1 N–H and O–H groups in total. The summed E-state index contributed by atoms with van der Waals surface area (Å²) in [6, 6.07) is 13.3. The highest BCUT2D eigenvalue weighted by Crippen LogP contribution is 2.19. The lowest BCUT2D eigenvalue weighted by atomic mass is 10.2. The van der Waals surface area contributed by atoms with Crippen molar-refractivity contribution in [3.63, 3.8) is 0 Å². The molecule has 0 radical (unpaired) electrons. The van der Waals surface area contributed by atoms with Gasteiger partial charge < -0.3 is 5.32 Å². The Morgan fingerprint density at radius 1 is 1.11 bits per heavy atom. The molecule has 0 aliphatic heterocycles. The minimum absolute atomic E-state index is 0.294. The van der Waals surface area contributed by atoms with Crippen LogP contribution >= 0.6 is 11.6 Å². The third kappa shape index (κ3) is 3.28. The van der Waals surface area contributed by atoms with Gasteiger partial charge in [0, 0.05) is 5.69 Å². The third-order valence-corrected chi connectivity index (χ3v) is 2.75. The number of carbonyl (C=O) groups is 1. The monoisotopic (exact) mass is 272 g/mol. The Morgan fingerprint density at radius 3 is 2.42 bits per heavy atom. The molecule has 0 atom stereocenters. The van der Waals surface area contributed by atoms with Crippen LogP contribution in [0.5, 0.6) is 0 Å². The maximum Gasteiger partial charge on any atom is 0.257 e. The third-order valence-electron chi connectivity index (χ3n) is 2.42. The molecule has 0 saturated heterocycles. The van der Waals surface area contributed by atoms with Gasteiger partial charge in [0.05, 0.1) is 16.3 Å². The average molecular weight is 273 g/mol. The van der Waals surface area contributed by atoms with Gasteiger partial charge in [0.2, 0.25) is 6.08 Å². The molecule has 2 rings (SSSR count). The number of carbonyl (C=O) groups excluding carboxylic acids is 2. The van der Waals surface area contributed by atoms with Crippen LogP contribution < -0.4 is 5.32 Å². The van der Waals surface area contributed by atoms with Crippen molar-refractivity contribution in [3.8, 4) is 0 Å². The molecule has 0 spiro atoms. The van der Waals surface area contributed by atoms with Crippen LogP contribution in [0.25, 0.3) is 0 Å². The largest absolute Gasteiger partial charge is 0.322 e. The van der Waals surface area contributed by atoms with Crippen LogP contribution in [0.4, 0.5) is 11.4 Å². The van der Waals surface area contributed by atoms with Crippen molar-refractivity contribution in [1.29, 1.82) is 0 Å². The summed E-state index contributed by atoms with van der Waals surface area (Å²) in [5.41, 5.74) is 1.47. The number of isocyanates is 1. The highest BCUT2D eigenvalue weighted by atomic mass is 35.5. The topological polar surface area (TPSA) is 58.5 Å². The van der Waals surface area contributed by atoms with Gasteiger partial charge in [-0.1, -0.05) is 23.7 Å². The first kappa shape index (κ1) is 13.0. The summed E-state index contributed by atoms with van der Waals surface area (Å²) < 4.78 is 0. The molecule has 2 aromatic rings. The molecule has 5 heteroatoms. The number of hydrogen-bond donors (Lipinski definition) is 1. The van der Waals surface area contributed by atoms with Crippen molar-refractivity contribution in [3.05, 3.63) is 59.1 Å². The van der Waals surface area contributed by atoms with E-state index in [0.29, 0.717) is 22.0 Å². The van der Waals surface area contributed by atoms with Gasteiger partial charge in [-0.2, -0.15) is 4.99 Å². The van der Waals surface area contributed by atoms with Crippen molar-refractivity contribution in [2.45, 2.75) is 0 Å². The van der Waals surface area contributed by atoms with E-state index < -0.39 is 0 Å². The maximum atomic E-state index is 12.0. The number of hydrogen-bond acceptors (Lipinski definition) is 3. The van der Waals surface area contributed by atoms with E-state index >= 15 is 0 Å². The van der Waals surface area contributed by atoms with Crippen LogP contribution in [0.3, 0.4) is 0 Å². The summed E-state index contributed by atoms with van der Waals surface area (Å²) in [7, 11) is 0. The fourth-order valence-corrected chi connectivity index (χ4v) is 1.74. The molecule has 0 heterocycles. The quantitative estimate of drug-likeness (QED) is 0.686. The molecule has 0 aliphatic rings. The lowest BCUT2D eigenvalue weighted by Gasteiger charge is -2.06. The van der Waals surface area contributed by atoms with E-state index in [2.05, 4.69) is 10.3 Å². The Hall–Kier alpha value is -2.42. The number of nitrogens with zero attached hydrogens (tertiary/aromatic N) is 1. The number of nitrogens with one attached hydrogen (secondary N) is 1. The summed E-state index contributed by atoms with van der Waals surface area (Å²) in [6.45, 7) is 0. The smallest absolute Gasteiger partial charge is 0.257 e. The number of rotatable bonds is 3. The first-order chi connectivity index (χ1) is 9.20. The van der Waals surface area contributed by atoms with Crippen LogP contribution in [0.2, 0.25) is 5.02 Å². The Morgan fingerprint density at radius 2 is 1.79 bits per heavy atom. The van der Waals surface area contributed by atoms with Gasteiger partial charge in [0.1, 0.15) is 0 Å². The zero-order chi connectivity index (χ0) is 13.7. The lowest BCUT2D eigenvalue weighted by Crippen LogP contribution is -2.12. The van der Waals surface area contributed by atoms with Gasteiger partial charge in [0.15, 0.2) is 0 Å². The molecule has 0 unspecified atom stereocenters. The number of anilines is 1. The Bertz CT molecular complexity index is 647. The van der Waals surface area contributed by atoms with E-state index in [1.807, 2.05) is 0 Å². The number of aliphatic imine (C=N–C) groups is 1. The van der Waals surface area contributed by atoms with E-state index in [9.17, 15) is 9.59 Å². The van der Waals surface area contributed by atoms with Crippen molar-refractivity contribution < 1.29 is 9.59 Å². The molecule has 0 fully saturated rings. The number of benzene rings is 2. The molecule has 19 heavy (non-hydrogen) atoms. The van der Waals surface area contributed by atoms with Crippen LogP contribution in [0.15, 0.2) is 53.5 Å².